The molecular weight excluding hydrogens is 976 g/mol. The van der Waals surface area contributed by atoms with Crippen LogP contribution in [0.25, 0.3) is 11.2 Å². The molecule has 24 heteroatoms. The number of aromatic amines is 1. The lowest BCUT2D eigenvalue weighted by Gasteiger charge is -2.42. The number of hydrogen-bond acceptors (Lipinski definition) is 19. The van der Waals surface area contributed by atoms with Crippen LogP contribution in [0.1, 0.15) is 129 Å². The molecule has 1 aliphatic heterocycles. The molecule has 1 fully saturated rings. The van der Waals surface area contributed by atoms with Crippen LogP contribution < -0.4 is 27.1 Å². The minimum atomic E-state index is -2.00. The number of amides is 1. The number of carboxylic acid groups (broad SMARTS) is 2. The van der Waals surface area contributed by atoms with Gasteiger partial charge in [-0.2, -0.15) is 4.98 Å². The molecule has 5 unspecified atom stereocenters. The number of nitrogens with two attached hydrogens (primary N) is 2. The molecule has 13 N–H and O–H groups in total. The van der Waals surface area contributed by atoms with E-state index in [1.54, 1.807) is 37.4 Å². The van der Waals surface area contributed by atoms with Crippen LogP contribution in [0.15, 0.2) is 48.7 Å². The minimum Gasteiger partial charge on any atom is -0.507 e. The van der Waals surface area contributed by atoms with Gasteiger partial charge in [0, 0.05) is 54.0 Å². The van der Waals surface area contributed by atoms with E-state index < -0.39 is 107 Å². The quantitative estimate of drug-likeness (QED) is 0.0698. The monoisotopic (exact) mass is 1030 g/mol. The number of aliphatic hydroxyl groups excluding tert-OH is 1. The van der Waals surface area contributed by atoms with Crippen molar-refractivity contribution >= 4 is 64.6 Å². The number of phenolic OH excluding ortho intramolecular Hbond substituents is 2. The van der Waals surface area contributed by atoms with Crippen molar-refractivity contribution in [1.29, 1.82) is 5.41 Å². The first-order valence-electron chi connectivity index (χ1n) is 22.8. The van der Waals surface area contributed by atoms with Gasteiger partial charge in [0.05, 0.1) is 54.0 Å². The van der Waals surface area contributed by atoms with E-state index in [2.05, 4.69) is 25.3 Å². The Morgan fingerprint density at radius 2 is 1.71 bits per heavy atom. The molecule has 388 valence electrons. The molecule has 0 bridgehead atoms. The van der Waals surface area contributed by atoms with Gasteiger partial charge >= 0.3 is 11.9 Å². The fourth-order valence-electron chi connectivity index (χ4n) is 9.18. The van der Waals surface area contributed by atoms with Crippen LogP contribution in [-0.2, 0) is 36.7 Å². The van der Waals surface area contributed by atoms with E-state index in [1.807, 2.05) is 6.92 Å². The second kappa shape index (κ2) is 22.1. The molecule has 3 aliphatic rings. The van der Waals surface area contributed by atoms with E-state index in [4.69, 9.17) is 36.2 Å². The Morgan fingerprint density at radius 1 is 1.03 bits per heavy atom. The molecule has 0 radical (unpaired) electrons. The van der Waals surface area contributed by atoms with E-state index in [1.165, 1.54) is 32.2 Å². The summed E-state index contributed by atoms with van der Waals surface area (Å²) in [6.07, 6.45) is -2.16. The van der Waals surface area contributed by atoms with Gasteiger partial charge in [-0.3, -0.25) is 29.4 Å². The largest absolute Gasteiger partial charge is 0.507 e. The van der Waals surface area contributed by atoms with Gasteiger partial charge in [0.25, 0.3) is 5.91 Å². The van der Waals surface area contributed by atoms with E-state index in [0.717, 1.165) is 12.0 Å². The number of Topliss-reactive ketones (excluding diaryl/α,β-unsaturated/α-hetero) is 1. The number of H-pyrrole nitrogens is 1. The number of rotatable bonds is 14. The number of nitrogens with zero attached hydrogens (tertiary/aromatic N) is 3. The number of phenols is 2. The number of methoxy groups -OCH3 is 1. The van der Waals surface area contributed by atoms with Crippen molar-refractivity contribution in [2.24, 2.45) is 5.73 Å². The van der Waals surface area contributed by atoms with Crippen molar-refractivity contribution < 1.29 is 73.6 Å². The highest BCUT2D eigenvalue weighted by Gasteiger charge is 2.49. The molecule has 3 aromatic carbocycles. The third-order valence-corrected chi connectivity index (χ3v) is 13.2. The zero-order valence-corrected chi connectivity index (χ0v) is 40.7. The van der Waals surface area contributed by atoms with Crippen LogP contribution in [0.5, 0.6) is 17.2 Å². The molecule has 2 aromatic heterocycles. The van der Waals surface area contributed by atoms with Gasteiger partial charge in [-0.05, 0) is 62.8 Å². The Hall–Kier alpha value is -7.41. The maximum absolute atomic E-state index is 13.6. The number of aromatic hydroxyl groups is 2. The summed E-state index contributed by atoms with van der Waals surface area (Å²) in [5, 5.41) is 72.0. The third kappa shape index (κ3) is 11.2. The second-order valence-electron chi connectivity index (χ2n) is 17.9. The fourth-order valence-corrected chi connectivity index (χ4v) is 9.18. The van der Waals surface area contributed by atoms with Crippen molar-refractivity contribution in [2.45, 2.75) is 114 Å². The fraction of sp³-hybridized carbons (Fsp3) is 0.388. The first-order valence-corrected chi connectivity index (χ1v) is 22.8. The van der Waals surface area contributed by atoms with Crippen molar-refractivity contribution in [2.75, 3.05) is 12.8 Å². The van der Waals surface area contributed by atoms with Gasteiger partial charge in [0.15, 0.2) is 23.5 Å². The second-order valence-corrected chi connectivity index (χ2v) is 17.9. The number of carboxylic acids is 2. The summed E-state index contributed by atoms with van der Waals surface area (Å²) >= 11 is 0. The number of nitrogens with one attached hydrogen (secondary N) is 3. The topological polar surface area (TPSA) is 394 Å². The Labute approximate surface area is 421 Å². The highest BCUT2D eigenvalue weighted by atomic mass is 35.5. The van der Waals surface area contributed by atoms with Crippen molar-refractivity contribution in [3.8, 4) is 17.2 Å². The number of aliphatic carboxylic acids is 2. The first-order chi connectivity index (χ1) is 34.1. The summed E-state index contributed by atoms with van der Waals surface area (Å²) in [4.78, 5) is 89.4. The average Bonchev–Trinajstić information content (AvgIpc) is 3.33. The van der Waals surface area contributed by atoms with Crippen LogP contribution in [0.4, 0.5) is 5.82 Å². The predicted molar refractivity (Wildman–Crippen MR) is 258 cm³/mol. The van der Waals surface area contributed by atoms with Gasteiger partial charge < -0.3 is 66.6 Å². The number of anilines is 1. The molecule has 5 aromatic rings. The molecule has 3 heterocycles. The van der Waals surface area contributed by atoms with E-state index >= 15 is 0 Å². The molecule has 2 aliphatic carbocycles. The SMILES string of the molecule is CCC(Cc1cnc2nc(=N)[nH]c(N)c2n1)c1ccc(C(=O)N[C@@H](CCC(=O)O)C(=O)O)cc1.COc1cccc2c1C(=O)c1c(O)c3c(c(O)c1C2=O)C[C@@](O)(C(C)=O)C[C@@H]3OC1CC(N)C(O)C(C)O1.Cl. The predicted octanol–water partition coefficient (Wildman–Crippen LogP) is 2.65. The maximum Gasteiger partial charge on any atom is 0.326 e. The smallest absolute Gasteiger partial charge is 0.326 e. The zero-order valence-electron chi connectivity index (χ0n) is 39.9. The molecule has 8 atom stereocenters. The highest BCUT2D eigenvalue weighted by molar-refractivity contribution is 6.31. The maximum atomic E-state index is 13.6. The van der Waals surface area contributed by atoms with Crippen molar-refractivity contribution in [3.05, 3.63) is 104 Å². The molecule has 0 spiro atoms. The number of benzene rings is 3. The lowest BCUT2D eigenvalue weighted by molar-refractivity contribution is -0.247. The molecule has 1 saturated heterocycles. The molecule has 73 heavy (non-hydrogen) atoms. The standard InChI is InChI=1S/C27H29NO10.C22H25N7O5.ClH/c1-10-22(30)14(28)7-17(37-10)38-16-9-27(35,11(2)29)8-13-19(16)26(34)21-20(24(13)32)23(31)12-5-4-6-15(36-3)18(12)25(21)33;1-2-11(9-14-10-25-19-17(26-14)18(23)28-22(24)29-19)12-3-5-13(6-4-12)20(32)27-15(21(33)34)7-8-16(30)31;/h4-6,10,14,16-17,22,30,32,34-35H,7-9,28H2,1-3H3;3-6,10-11,15H,2,7-9H2,1H3,(H,27,32)(H,30,31)(H,33,34)(H4,23,24,25,28,29);1H/t10?,14?,16-,17?,22?,27-;11?,15-;/m00./s1. The average molecular weight is 1030 g/mol. The van der Waals surface area contributed by atoms with Gasteiger partial charge in [-0.1, -0.05) is 31.2 Å². The number of aliphatic hydroxyl groups is 2. The number of aromatic nitrogens is 4. The summed E-state index contributed by atoms with van der Waals surface area (Å²) in [5.74, 6) is -5.91. The lowest BCUT2D eigenvalue weighted by Crippen LogP contribution is -2.52. The Morgan fingerprint density at radius 3 is 2.33 bits per heavy atom. The normalized spacial score (nSPS) is 21.7. The first kappa shape index (κ1) is 54.9. The minimum absolute atomic E-state index is 0. The molecule has 23 nitrogen and oxygen atoms in total. The lowest BCUT2D eigenvalue weighted by atomic mass is 9.72. The van der Waals surface area contributed by atoms with Crippen molar-refractivity contribution in [3.63, 3.8) is 0 Å². The third-order valence-electron chi connectivity index (χ3n) is 13.2. The molecule has 1 amide bonds. The van der Waals surface area contributed by atoms with Crippen LogP contribution in [0.3, 0.4) is 0 Å². The van der Waals surface area contributed by atoms with Crippen LogP contribution in [0.2, 0.25) is 0 Å². The summed E-state index contributed by atoms with van der Waals surface area (Å²) < 4.78 is 17.1. The van der Waals surface area contributed by atoms with E-state index in [9.17, 15) is 54.3 Å². The van der Waals surface area contributed by atoms with E-state index in [-0.39, 0.29) is 94.7 Å². The molecule has 0 saturated carbocycles. The highest BCUT2D eigenvalue weighted by Crippen LogP contribution is 2.52. The summed E-state index contributed by atoms with van der Waals surface area (Å²) in [5.41, 5.74) is 11.4. The van der Waals surface area contributed by atoms with Crippen LogP contribution in [-0.4, -0.2) is 129 Å². The summed E-state index contributed by atoms with van der Waals surface area (Å²) in [6, 6.07) is 9.24. The van der Waals surface area contributed by atoms with Crippen LogP contribution in [0, 0.1) is 5.41 Å². The van der Waals surface area contributed by atoms with Gasteiger partial charge in [-0.25, -0.2) is 14.8 Å². The van der Waals surface area contributed by atoms with Gasteiger partial charge in [-0.15, -0.1) is 12.4 Å². The van der Waals surface area contributed by atoms with E-state index in [0.29, 0.717) is 17.6 Å². The summed E-state index contributed by atoms with van der Waals surface area (Å²) in [7, 11) is 1.34. The summed E-state index contributed by atoms with van der Waals surface area (Å²) in [6.45, 7) is 4.81. The van der Waals surface area contributed by atoms with Crippen molar-refractivity contribution in [1.82, 2.24) is 25.3 Å². The van der Waals surface area contributed by atoms with Gasteiger partial charge in [0.1, 0.15) is 40.2 Å². The number of ether oxygens (including phenoxy) is 3. The number of ketones is 3. The van der Waals surface area contributed by atoms with Gasteiger partial charge in [0.2, 0.25) is 11.4 Å². The number of carbonyl (C=O) groups is 6. The molecular formula is C49H55ClN8O15. The number of fused-ring (bicyclic) bond motifs is 4. The number of hydrogen-bond donors (Lipinski definition) is 11. The Balaban J connectivity index is 0.000000237. The van der Waals surface area contributed by atoms with Crippen LogP contribution >= 0.6 is 12.4 Å². The zero-order chi connectivity index (χ0) is 52.5. The molecule has 8 rings (SSSR count). The number of halogens is 1. The Kier molecular flexibility index (Phi) is 16.7. The number of nitrogen functional groups attached to an aromatic ring is 1. The number of carbonyl (C=O) groups excluding carboxylic acids is 4. The Bertz CT molecular complexity index is 3050.